The average molecular weight is 218 g/mol. The van der Waals surface area contributed by atoms with E-state index in [0.717, 1.165) is 25.9 Å². The first-order valence-electron chi connectivity index (χ1n) is 5.93. The molecule has 0 aliphatic carbocycles. The van der Waals surface area contributed by atoms with E-state index in [2.05, 4.69) is 18.8 Å². The SMILES string of the molecule is CC(C)c1ccc(C(=O)N2CCCC2)nc1. The van der Waals surface area contributed by atoms with Crippen molar-refractivity contribution in [3.8, 4) is 0 Å². The minimum absolute atomic E-state index is 0.0767. The Morgan fingerprint density at radius 2 is 2.00 bits per heavy atom. The minimum Gasteiger partial charge on any atom is -0.337 e. The van der Waals surface area contributed by atoms with Gasteiger partial charge in [-0.2, -0.15) is 0 Å². The molecule has 86 valence electrons. The molecule has 1 aromatic rings. The summed E-state index contributed by atoms with van der Waals surface area (Å²) in [5.74, 6) is 0.538. The van der Waals surface area contributed by atoms with Crippen LogP contribution in [0.1, 0.15) is 48.7 Å². The van der Waals surface area contributed by atoms with Crippen LogP contribution in [0.4, 0.5) is 0 Å². The van der Waals surface area contributed by atoms with Crippen LogP contribution in [0.25, 0.3) is 0 Å². The summed E-state index contributed by atoms with van der Waals surface area (Å²) in [5.41, 5.74) is 1.75. The van der Waals surface area contributed by atoms with Crippen LogP contribution in [0, 0.1) is 0 Å². The van der Waals surface area contributed by atoms with Gasteiger partial charge in [0.05, 0.1) is 0 Å². The van der Waals surface area contributed by atoms with E-state index in [1.807, 2.05) is 23.2 Å². The maximum Gasteiger partial charge on any atom is 0.272 e. The zero-order valence-corrected chi connectivity index (χ0v) is 9.94. The first-order valence-corrected chi connectivity index (χ1v) is 5.93. The van der Waals surface area contributed by atoms with Gasteiger partial charge < -0.3 is 4.90 Å². The van der Waals surface area contributed by atoms with Crippen LogP contribution in [0.5, 0.6) is 0 Å². The Bertz CT molecular complexity index is 364. The highest BCUT2D eigenvalue weighted by Crippen LogP contribution is 2.15. The fourth-order valence-electron chi connectivity index (χ4n) is 1.96. The molecule has 0 N–H and O–H groups in total. The third-order valence-electron chi connectivity index (χ3n) is 3.07. The fourth-order valence-corrected chi connectivity index (χ4v) is 1.96. The van der Waals surface area contributed by atoms with E-state index < -0.39 is 0 Å². The Morgan fingerprint density at radius 1 is 1.31 bits per heavy atom. The van der Waals surface area contributed by atoms with Crippen LogP contribution < -0.4 is 0 Å². The van der Waals surface area contributed by atoms with Crippen molar-refractivity contribution < 1.29 is 4.79 Å². The number of carbonyl (C=O) groups excluding carboxylic acids is 1. The number of nitrogens with zero attached hydrogens (tertiary/aromatic N) is 2. The molecule has 0 aromatic carbocycles. The van der Waals surface area contributed by atoms with Crippen LogP contribution in [0.3, 0.4) is 0 Å². The topological polar surface area (TPSA) is 33.2 Å². The Hall–Kier alpha value is -1.38. The standard InChI is InChI=1S/C13H18N2O/c1-10(2)11-5-6-12(14-9-11)13(16)15-7-3-4-8-15/h5-6,9-10H,3-4,7-8H2,1-2H3. The molecule has 2 heterocycles. The van der Waals surface area contributed by atoms with Gasteiger partial charge in [-0.15, -0.1) is 0 Å². The molecule has 1 aromatic heterocycles. The lowest BCUT2D eigenvalue weighted by Gasteiger charge is -2.14. The van der Waals surface area contributed by atoms with Gasteiger partial charge >= 0.3 is 0 Å². The van der Waals surface area contributed by atoms with Gasteiger partial charge in [-0.1, -0.05) is 19.9 Å². The van der Waals surface area contributed by atoms with Crippen molar-refractivity contribution in [1.29, 1.82) is 0 Å². The van der Waals surface area contributed by atoms with Gasteiger partial charge in [0.1, 0.15) is 5.69 Å². The number of hydrogen-bond donors (Lipinski definition) is 0. The van der Waals surface area contributed by atoms with Gasteiger partial charge in [0.25, 0.3) is 5.91 Å². The van der Waals surface area contributed by atoms with Crippen molar-refractivity contribution in [2.45, 2.75) is 32.6 Å². The summed E-state index contributed by atoms with van der Waals surface area (Å²) < 4.78 is 0. The second-order valence-electron chi connectivity index (χ2n) is 4.63. The number of rotatable bonds is 2. The predicted octanol–water partition coefficient (Wildman–Crippen LogP) is 2.44. The van der Waals surface area contributed by atoms with E-state index in [-0.39, 0.29) is 5.91 Å². The highest BCUT2D eigenvalue weighted by atomic mass is 16.2. The maximum absolute atomic E-state index is 12.0. The Labute approximate surface area is 96.5 Å². The van der Waals surface area contributed by atoms with Gasteiger partial charge in [-0.25, -0.2) is 0 Å². The summed E-state index contributed by atoms with van der Waals surface area (Å²) in [6.07, 6.45) is 4.06. The molecule has 1 fully saturated rings. The van der Waals surface area contributed by atoms with Crippen molar-refractivity contribution in [1.82, 2.24) is 9.88 Å². The fraction of sp³-hybridized carbons (Fsp3) is 0.538. The lowest BCUT2D eigenvalue weighted by atomic mass is 10.1. The third kappa shape index (κ3) is 2.23. The van der Waals surface area contributed by atoms with E-state index in [4.69, 9.17) is 0 Å². The van der Waals surface area contributed by atoms with Crippen molar-refractivity contribution >= 4 is 5.91 Å². The van der Waals surface area contributed by atoms with Crippen molar-refractivity contribution in [3.05, 3.63) is 29.6 Å². The number of pyridine rings is 1. The molecule has 1 amide bonds. The maximum atomic E-state index is 12.0. The molecule has 0 atom stereocenters. The van der Waals surface area contributed by atoms with E-state index in [0.29, 0.717) is 11.6 Å². The molecule has 1 saturated heterocycles. The molecule has 1 aliphatic rings. The predicted molar refractivity (Wildman–Crippen MR) is 63.5 cm³/mol. The van der Waals surface area contributed by atoms with Crippen molar-refractivity contribution in [3.63, 3.8) is 0 Å². The molecular formula is C13H18N2O. The molecule has 0 bridgehead atoms. The Balaban J connectivity index is 2.11. The summed E-state index contributed by atoms with van der Waals surface area (Å²) in [7, 11) is 0. The van der Waals surface area contributed by atoms with Gasteiger partial charge in [0.2, 0.25) is 0 Å². The molecule has 3 nitrogen and oxygen atoms in total. The summed E-state index contributed by atoms with van der Waals surface area (Å²) >= 11 is 0. The summed E-state index contributed by atoms with van der Waals surface area (Å²) in [6, 6.07) is 3.84. The van der Waals surface area contributed by atoms with E-state index >= 15 is 0 Å². The van der Waals surface area contributed by atoms with Crippen LogP contribution in [0.15, 0.2) is 18.3 Å². The molecule has 0 radical (unpaired) electrons. The molecule has 0 unspecified atom stereocenters. The summed E-state index contributed by atoms with van der Waals surface area (Å²) in [4.78, 5) is 18.1. The zero-order chi connectivity index (χ0) is 11.5. The number of amides is 1. The first-order chi connectivity index (χ1) is 7.68. The third-order valence-corrected chi connectivity index (χ3v) is 3.07. The lowest BCUT2D eigenvalue weighted by molar-refractivity contribution is 0.0787. The van der Waals surface area contributed by atoms with Gasteiger partial charge in [-0.3, -0.25) is 9.78 Å². The highest BCUT2D eigenvalue weighted by Gasteiger charge is 2.20. The average Bonchev–Trinajstić information content (AvgIpc) is 2.81. The second-order valence-corrected chi connectivity index (χ2v) is 4.63. The molecular weight excluding hydrogens is 200 g/mol. The van der Waals surface area contributed by atoms with E-state index in [9.17, 15) is 4.79 Å². The van der Waals surface area contributed by atoms with Crippen LogP contribution in [0.2, 0.25) is 0 Å². The number of carbonyl (C=O) groups is 1. The van der Waals surface area contributed by atoms with E-state index in [1.54, 1.807) is 0 Å². The van der Waals surface area contributed by atoms with Gasteiger partial charge in [0, 0.05) is 19.3 Å². The van der Waals surface area contributed by atoms with Crippen molar-refractivity contribution in [2.75, 3.05) is 13.1 Å². The first kappa shape index (κ1) is 11.1. The quantitative estimate of drug-likeness (QED) is 0.764. The van der Waals surface area contributed by atoms with Crippen LogP contribution >= 0.6 is 0 Å². The van der Waals surface area contributed by atoms with Crippen LogP contribution in [-0.4, -0.2) is 28.9 Å². The summed E-state index contributed by atoms with van der Waals surface area (Å²) in [5, 5.41) is 0. The van der Waals surface area contributed by atoms with Gasteiger partial charge in [-0.05, 0) is 30.4 Å². The monoisotopic (exact) mass is 218 g/mol. The molecule has 16 heavy (non-hydrogen) atoms. The summed E-state index contributed by atoms with van der Waals surface area (Å²) in [6.45, 7) is 6.01. The van der Waals surface area contributed by atoms with E-state index in [1.165, 1.54) is 5.56 Å². The number of hydrogen-bond acceptors (Lipinski definition) is 2. The highest BCUT2D eigenvalue weighted by molar-refractivity contribution is 5.92. The Kier molecular flexibility index (Phi) is 3.22. The number of aromatic nitrogens is 1. The normalized spacial score (nSPS) is 15.8. The van der Waals surface area contributed by atoms with Crippen molar-refractivity contribution in [2.24, 2.45) is 0 Å². The zero-order valence-electron chi connectivity index (χ0n) is 9.94. The molecule has 3 heteroatoms. The van der Waals surface area contributed by atoms with Crippen LogP contribution in [-0.2, 0) is 0 Å². The lowest BCUT2D eigenvalue weighted by Crippen LogP contribution is -2.28. The Morgan fingerprint density at radius 3 is 2.50 bits per heavy atom. The molecule has 1 aliphatic heterocycles. The largest absolute Gasteiger partial charge is 0.337 e. The molecule has 0 spiro atoms. The smallest absolute Gasteiger partial charge is 0.272 e. The molecule has 2 rings (SSSR count). The van der Waals surface area contributed by atoms with Gasteiger partial charge in [0.15, 0.2) is 0 Å². The second kappa shape index (κ2) is 4.64. The molecule has 0 saturated carbocycles. The minimum atomic E-state index is 0.0767. The number of likely N-dealkylation sites (tertiary alicyclic amines) is 1.